The molecule has 2 aromatic rings. The van der Waals surface area contributed by atoms with Gasteiger partial charge in [-0.2, -0.15) is 0 Å². The monoisotopic (exact) mass is 410 g/mol. The highest BCUT2D eigenvalue weighted by atomic mass is 35.5. The van der Waals surface area contributed by atoms with Crippen LogP contribution in [0, 0.1) is 13.8 Å². The van der Waals surface area contributed by atoms with Crippen molar-refractivity contribution in [3.8, 4) is 0 Å². The van der Waals surface area contributed by atoms with E-state index in [0.717, 1.165) is 11.1 Å². The number of amides is 1. The van der Waals surface area contributed by atoms with Gasteiger partial charge >= 0.3 is 0 Å². The van der Waals surface area contributed by atoms with Crippen molar-refractivity contribution < 1.29 is 17.9 Å². The maximum absolute atomic E-state index is 12.8. The molecule has 0 saturated heterocycles. The van der Waals surface area contributed by atoms with E-state index in [2.05, 4.69) is 10.0 Å². The van der Waals surface area contributed by atoms with E-state index in [4.69, 9.17) is 16.3 Å². The van der Waals surface area contributed by atoms with Crippen LogP contribution in [0.3, 0.4) is 0 Å². The molecule has 0 aromatic heterocycles. The largest absolute Gasteiger partial charge is 0.385 e. The Hall–Kier alpha value is -2.09. The highest BCUT2D eigenvalue weighted by molar-refractivity contribution is 7.92. The summed E-state index contributed by atoms with van der Waals surface area (Å²) < 4.78 is 33.1. The number of ether oxygens (including phenoxy) is 1. The van der Waals surface area contributed by atoms with E-state index in [1.807, 2.05) is 26.0 Å². The van der Waals surface area contributed by atoms with Crippen LogP contribution in [0.5, 0.6) is 0 Å². The lowest BCUT2D eigenvalue weighted by Gasteiger charge is -2.13. The van der Waals surface area contributed by atoms with Crippen molar-refractivity contribution in [1.82, 2.24) is 5.32 Å². The average Bonchev–Trinajstić information content (AvgIpc) is 2.61. The van der Waals surface area contributed by atoms with E-state index in [9.17, 15) is 13.2 Å². The number of benzene rings is 2. The van der Waals surface area contributed by atoms with Crippen molar-refractivity contribution >= 4 is 33.2 Å². The van der Waals surface area contributed by atoms with E-state index in [1.165, 1.54) is 18.2 Å². The summed E-state index contributed by atoms with van der Waals surface area (Å²) in [7, 11) is -2.37. The Kier molecular flexibility index (Phi) is 7.24. The minimum absolute atomic E-state index is 0.0451. The predicted molar refractivity (Wildman–Crippen MR) is 107 cm³/mol. The Balaban J connectivity index is 2.26. The fraction of sp³-hybridized carbons (Fsp3) is 0.316. The fourth-order valence-corrected chi connectivity index (χ4v) is 4.07. The molecule has 0 aliphatic carbocycles. The molecule has 2 aromatic carbocycles. The van der Waals surface area contributed by atoms with Gasteiger partial charge in [-0.25, -0.2) is 8.42 Å². The number of sulfonamides is 1. The zero-order valence-electron chi connectivity index (χ0n) is 15.5. The molecule has 0 bridgehead atoms. The second-order valence-corrected chi connectivity index (χ2v) is 8.23. The topological polar surface area (TPSA) is 84.5 Å². The summed E-state index contributed by atoms with van der Waals surface area (Å²) in [5, 5.41) is 2.77. The predicted octanol–water partition coefficient (Wildman–Crippen LogP) is 3.52. The van der Waals surface area contributed by atoms with Crippen LogP contribution in [0.1, 0.15) is 27.9 Å². The quantitative estimate of drug-likeness (QED) is 0.652. The number of carbonyl (C=O) groups excluding carboxylic acids is 1. The fourth-order valence-electron chi connectivity index (χ4n) is 2.42. The van der Waals surface area contributed by atoms with Crippen LogP contribution in [-0.2, 0) is 14.8 Å². The van der Waals surface area contributed by atoms with Gasteiger partial charge in [0.05, 0.1) is 10.7 Å². The number of rotatable bonds is 8. The summed E-state index contributed by atoms with van der Waals surface area (Å²) in [4.78, 5) is 12.1. The molecule has 2 rings (SSSR count). The Morgan fingerprint density at radius 2 is 1.89 bits per heavy atom. The first-order chi connectivity index (χ1) is 12.7. The Labute approximate surface area is 164 Å². The van der Waals surface area contributed by atoms with Gasteiger partial charge in [0.1, 0.15) is 4.90 Å². The molecular formula is C19H23ClN2O4S. The second kappa shape index (κ2) is 9.21. The van der Waals surface area contributed by atoms with Gasteiger partial charge in [0, 0.05) is 25.8 Å². The first kappa shape index (κ1) is 21.2. The van der Waals surface area contributed by atoms with Gasteiger partial charge in [-0.1, -0.05) is 23.7 Å². The summed E-state index contributed by atoms with van der Waals surface area (Å²) in [6.07, 6.45) is 0.662. The summed E-state index contributed by atoms with van der Waals surface area (Å²) in [5.41, 5.74) is 2.40. The molecule has 2 N–H and O–H groups in total. The van der Waals surface area contributed by atoms with E-state index in [0.29, 0.717) is 25.3 Å². The van der Waals surface area contributed by atoms with Crippen LogP contribution in [0.25, 0.3) is 0 Å². The standard InChI is InChI=1S/C19H23ClN2O4S/c1-13-5-6-14(2)17(11-13)22-27(24,25)18-12-15(7-8-16(18)20)19(23)21-9-4-10-26-3/h5-8,11-12,22H,4,9-10H2,1-3H3,(H,21,23). The van der Waals surface area contributed by atoms with E-state index >= 15 is 0 Å². The van der Waals surface area contributed by atoms with Crippen molar-refractivity contribution in [2.75, 3.05) is 25.0 Å². The van der Waals surface area contributed by atoms with Crippen molar-refractivity contribution in [3.05, 3.63) is 58.1 Å². The van der Waals surface area contributed by atoms with E-state index in [-0.39, 0.29) is 21.4 Å². The van der Waals surface area contributed by atoms with Gasteiger partial charge in [0.15, 0.2) is 0 Å². The molecule has 0 heterocycles. The number of nitrogens with one attached hydrogen (secondary N) is 2. The summed E-state index contributed by atoms with van der Waals surface area (Å²) >= 11 is 6.10. The molecule has 146 valence electrons. The summed E-state index contributed by atoms with van der Waals surface area (Å²) in [6, 6.07) is 9.65. The third-order valence-corrected chi connectivity index (χ3v) is 5.78. The Morgan fingerprint density at radius 3 is 2.59 bits per heavy atom. The van der Waals surface area contributed by atoms with Gasteiger partial charge < -0.3 is 10.1 Å². The highest BCUT2D eigenvalue weighted by Gasteiger charge is 2.21. The molecular weight excluding hydrogens is 388 g/mol. The number of carbonyl (C=O) groups is 1. The molecule has 1 amide bonds. The van der Waals surface area contributed by atoms with Crippen molar-refractivity contribution in [2.24, 2.45) is 0 Å². The number of hydrogen-bond acceptors (Lipinski definition) is 4. The van der Waals surface area contributed by atoms with Crippen molar-refractivity contribution in [1.29, 1.82) is 0 Å². The molecule has 27 heavy (non-hydrogen) atoms. The maximum atomic E-state index is 12.8. The number of hydrogen-bond donors (Lipinski definition) is 2. The first-order valence-corrected chi connectivity index (χ1v) is 10.3. The van der Waals surface area contributed by atoms with Crippen LogP contribution in [0.2, 0.25) is 5.02 Å². The minimum Gasteiger partial charge on any atom is -0.385 e. The first-order valence-electron chi connectivity index (χ1n) is 8.41. The third-order valence-electron chi connectivity index (χ3n) is 3.93. The van der Waals surface area contributed by atoms with E-state index in [1.54, 1.807) is 13.2 Å². The molecule has 8 heteroatoms. The van der Waals surface area contributed by atoms with E-state index < -0.39 is 10.0 Å². The summed E-state index contributed by atoms with van der Waals surface area (Å²) in [5.74, 6) is -0.369. The lowest BCUT2D eigenvalue weighted by Crippen LogP contribution is -2.25. The average molecular weight is 411 g/mol. The molecule has 0 radical (unpaired) electrons. The number of anilines is 1. The Morgan fingerprint density at radius 1 is 1.15 bits per heavy atom. The molecule has 0 saturated carbocycles. The molecule has 6 nitrogen and oxygen atoms in total. The van der Waals surface area contributed by atoms with Gasteiger partial charge in [0.25, 0.3) is 15.9 Å². The molecule has 0 spiro atoms. The lowest BCUT2D eigenvalue weighted by molar-refractivity contribution is 0.0948. The molecule has 0 unspecified atom stereocenters. The van der Waals surface area contributed by atoms with Gasteiger partial charge in [-0.05, 0) is 55.7 Å². The number of halogens is 1. The van der Waals surface area contributed by atoms with Gasteiger partial charge in [-0.15, -0.1) is 0 Å². The summed E-state index contributed by atoms with van der Waals surface area (Å²) in [6.45, 7) is 4.64. The maximum Gasteiger partial charge on any atom is 0.263 e. The van der Waals surface area contributed by atoms with Crippen LogP contribution >= 0.6 is 11.6 Å². The third kappa shape index (κ3) is 5.69. The molecule has 0 fully saturated rings. The normalized spacial score (nSPS) is 11.3. The zero-order chi connectivity index (χ0) is 20.0. The highest BCUT2D eigenvalue weighted by Crippen LogP contribution is 2.26. The van der Waals surface area contributed by atoms with Gasteiger partial charge in [-0.3, -0.25) is 9.52 Å². The van der Waals surface area contributed by atoms with Gasteiger partial charge in [0.2, 0.25) is 0 Å². The number of aryl methyl sites for hydroxylation is 2. The van der Waals surface area contributed by atoms with Crippen LogP contribution in [-0.4, -0.2) is 34.6 Å². The zero-order valence-corrected chi connectivity index (χ0v) is 17.1. The SMILES string of the molecule is COCCCNC(=O)c1ccc(Cl)c(S(=O)(=O)Nc2cc(C)ccc2C)c1. The Bertz CT molecular complexity index is 929. The molecule has 0 atom stereocenters. The van der Waals surface area contributed by atoms with Crippen LogP contribution < -0.4 is 10.0 Å². The van der Waals surface area contributed by atoms with Crippen LogP contribution in [0.4, 0.5) is 5.69 Å². The minimum atomic E-state index is -3.95. The lowest BCUT2D eigenvalue weighted by atomic mass is 10.1. The van der Waals surface area contributed by atoms with Crippen molar-refractivity contribution in [2.45, 2.75) is 25.2 Å². The smallest absolute Gasteiger partial charge is 0.263 e. The molecule has 0 aliphatic heterocycles. The van der Waals surface area contributed by atoms with Crippen molar-refractivity contribution in [3.63, 3.8) is 0 Å². The van der Waals surface area contributed by atoms with Crippen LogP contribution in [0.15, 0.2) is 41.3 Å². The number of methoxy groups -OCH3 is 1. The second-order valence-electron chi connectivity index (χ2n) is 6.17. The molecule has 0 aliphatic rings.